The molecule has 1 heterocycles. The summed E-state index contributed by atoms with van der Waals surface area (Å²) in [5, 5.41) is 9.04. The highest BCUT2D eigenvalue weighted by Gasteiger charge is 2.25. The molecule has 1 N–H and O–H groups in total. The maximum absolute atomic E-state index is 12.7. The lowest BCUT2D eigenvalue weighted by atomic mass is 10.1. The Morgan fingerprint density at radius 2 is 2.16 bits per heavy atom. The second kappa shape index (κ2) is 6.91. The van der Waals surface area contributed by atoms with Crippen molar-refractivity contribution in [3.05, 3.63) is 35.6 Å². The van der Waals surface area contributed by atoms with Gasteiger partial charge >= 0.3 is 0 Å². The van der Waals surface area contributed by atoms with Crippen molar-refractivity contribution in [1.29, 1.82) is 0 Å². The minimum Gasteiger partial charge on any atom is -0.396 e. The lowest BCUT2D eigenvalue weighted by molar-refractivity contribution is -0.127. The van der Waals surface area contributed by atoms with E-state index < -0.39 is 0 Å². The third kappa shape index (κ3) is 4.21. The van der Waals surface area contributed by atoms with Crippen LogP contribution in [0.25, 0.3) is 0 Å². The van der Waals surface area contributed by atoms with Crippen LogP contribution in [0.1, 0.15) is 12.0 Å². The zero-order valence-corrected chi connectivity index (χ0v) is 11.5. The zero-order valence-electron chi connectivity index (χ0n) is 10.7. The molecule has 104 valence electrons. The molecule has 1 aromatic carbocycles. The van der Waals surface area contributed by atoms with Crippen LogP contribution in [-0.2, 0) is 10.5 Å². The van der Waals surface area contributed by atoms with Crippen LogP contribution in [0, 0.1) is 11.7 Å². The van der Waals surface area contributed by atoms with Gasteiger partial charge in [-0.05, 0) is 24.1 Å². The number of aliphatic hydroxyl groups excluding tert-OH is 1. The molecule has 1 aliphatic rings. The Balaban J connectivity index is 1.71. The van der Waals surface area contributed by atoms with Crippen molar-refractivity contribution in [2.45, 2.75) is 12.2 Å². The SMILES string of the molecule is O=C(CSCc1ccc(F)cc1)N1CCC(CO)C1. The second-order valence-corrected chi connectivity index (χ2v) is 5.78. The molecule has 2 rings (SSSR count). The topological polar surface area (TPSA) is 40.5 Å². The molecule has 0 bridgehead atoms. The van der Waals surface area contributed by atoms with Crippen LogP contribution in [0.3, 0.4) is 0 Å². The molecule has 0 radical (unpaired) electrons. The minimum atomic E-state index is -0.239. The molecule has 3 nitrogen and oxygen atoms in total. The molecule has 5 heteroatoms. The summed E-state index contributed by atoms with van der Waals surface area (Å²) in [7, 11) is 0. The van der Waals surface area contributed by atoms with Crippen LogP contribution >= 0.6 is 11.8 Å². The van der Waals surface area contributed by atoms with E-state index in [1.807, 2.05) is 4.90 Å². The van der Waals surface area contributed by atoms with Crippen molar-refractivity contribution >= 4 is 17.7 Å². The van der Waals surface area contributed by atoms with Gasteiger partial charge in [0.15, 0.2) is 0 Å². The van der Waals surface area contributed by atoms with Gasteiger partial charge < -0.3 is 10.0 Å². The number of thioether (sulfide) groups is 1. The Morgan fingerprint density at radius 1 is 1.42 bits per heavy atom. The summed E-state index contributed by atoms with van der Waals surface area (Å²) < 4.78 is 12.7. The molecule has 1 unspecified atom stereocenters. The van der Waals surface area contributed by atoms with E-state index in [1.54, 1.807) is 12.1 Å². The highest BCUT2D eigenvalue weighted by molar-refractivity contribution is 7.99. The molecule has 0 aliphatic carbocycles. The second-order valence-electron chi connectivity index (χ2n) is 4.80. The molecular weight excluding hydrogens is 265 g/mol. The van der Waals surface area contributed by atoms with Gasteiger partial charge in [-0.3, -0.25) is 4.79 Å². The largest absolute Gasteiger partial charge is 0.396 e. The summed E-state index contributed by atoms with van der Waals surface area (Å²) >= 11 is 1.54. The number of amides is 1. The van der Waals surface area contributed by atoms with E-state index in [4.69, 9.17) is 5.11 Å². The fraction of sp³-hybridized carbons (Fsp3) is 0.500. The van der Waals surface area contributed by atoms with Gasteiger partial charge in [0.05, 0.1) is 5.75 Å². The quantitative estimate of drug-likeness (QED) is 0.897. The van der Waals surface area contributed by atoms with Gasteiger partial charge in [-0.1, -0.05) is 12.1 Å². The summed E-state index contributed by atoms with van der Waals surface area (Å²) in [6.45, 7) is 1.58. The van der Waals surface area contributed by atoms with E-state index in [0.717, 1.165) is 18.5 Å². The van der Waals surface area contributed by atoms with Gasteiger partial charge in [-0.15, -0.1) is 11.8 Å². The molecule has 1 aromatic rings. The summed E-state index contributed by atoms with van der Waals surface area (Å²) in [4.78, 5) is 13.7. The highest BCUT2D eigenvalue weighted by Crippen LogP contribution is 2.18. The predicted octanol–water partition coefficient (Wildman–Crippen LogP) is 1.90. The monoisotopic (exact) mass is 283 g/mol. The lowest BCUT2D eigenvalue weighted by Gasteiger charge is -2.15. The van der Waals surface area contributed by atoms with E-state index in [1.165, 1.54) is 23.9 Å². The van der Waals surface area contributed by atoms with Crippen LogP contribution < -0.4 is 0 Å². The highest BCUT2D eigenvalue weighted by atomic mass is 32.2. The minimum absolute atomic E-state index is 0.128. The van der Waals surface area contributed by atoms with E-state index >= 15 is 0 Å². The molecule has 0 saturated carbocycles. The maximum Gasteiger partial charge on any atom is 0.232 e. The number of hydrogen-bond donors (Lipinski definition) is 1. The average molecular weight is 283 g/mol. The molecular formula is C14H18FNO2S. The van der Waals surface area contributed by atoms with Gasteiger partial charge in [0.25, 0.3) is 0 Å². The Labute approximate surface area is 116 Å². The molecule has 1 saturated heterocycles. The van der Waals surface area contributed by atoms with Gasteiger partial charge in [0.2, 0.25) is 5.91 Å². The molecule has 1 amide bonds. The molecule has 1 fully saturated rings. The first-order valence-electron chi connectivity index (χ1n) is 6.40. The predicted molar refractivity (Wildman–Crippen MR) is 74.3 cm³/mol. The van der Waals surface area contributed by atoms with Crippen molar-refractivity contribution < 1.29 is 14.3 Å². The van der Waals surface area contributed by atoms with E-state index in [2.05, 4.69) is 0 Å². The molecule has 1 aliphatic heterocycles. The van der Waals surface area contributed by atoms with Crippen LogP contribution in [0.5, 0.6) is 0 Å². The number of carbonyl (C=O) groups is 1. The Hall–Kier alpha value is -1.07. The van der Waals surface area contributed by atoms with Crippen LogP contribution in [0.4, 0.5) is 4.39 Å². The number of rotatable bonds is 5. The smallest absolute Gasteiger partial charge is 0.232 e. The summed E-state index contributed by atoms with van der Waals surface area (Å²) in [5.74, 6) is 1.28. The number of halogens is 1. The van der Waals surface area contributed by atoms with Gasteiger partial charge in [-0.25, -0.2) is 4.39 Å². The van der Waals surface area contributed by atoms with Crippen LogP contribution in [0.15, 0.2) is 24.3 Å². The lowest BCUT2D eigenvalue weighted by Crippen LogP contribution is -2.30. The summed E-state index contributed by atoms with van der Waals surface area (Å²) in [5.41, 5.74) is 1.02. The van der Waals surface area contributed by atoms with Gasteiger partial charge in [0.1, 0.15) is 5.82 Å². The van der Waals surface area contributed by atoms with E-state index in [-0.39, 0.29) is 24.2 Å². The van der Waals surface area contributed by atoms with Crippen molar-refractivity contribution in [3.8, 4) is 0 Å². The van der Waals surface area contributed by atoms with E-state index in [9.17, 15) is 9.18 Å². The fourth-order valence-electron chi connectivity index (χ4n) is 2.14. The number of aliphatic hydroxyl groups is 1. The average Bonchev–Trinajstić information content (AvgIpc) is 2.90. The van der Waals surface area contributed by atoms with Gasteiger partial charge in [0, 0.05) is 31.4 Å². The summed E-state index contributed by atoms with van der Waals surface area (Å²) in [6, 6.07) is 6.35. The molecule has 0 spiro atoms. The van der Waals surface area contributed by atoms with Crippen LogP contribution in [-0.4, -0.2) is 41.4 Å². The molecule has 1 atom stereocenters. The normalized spacial score (nSPS) is 18.8. The number of likely N-dealkylation sites (tertiary alicyclic amines) is 1. The van der Waals surface area contributed by atoms with Crippen LogP contribution in [0.2, 0.25) is 0 Å². The fourth-order valence-corrected chi connectivity index (χ4v) is 3.02. The number of benzene rings is 1. The van der Waals surface area contributed by atoms with Crippen molar-refractivity contribution in [2.75, 3.05) is 25.4 Å². The number of hydrogen-bond acceptors (Lipinski definition) is 3. The zero-order chi connectivity index (χ0) is 13.7. The first-order chi connectivity index (χ1) is 9.19. The Bertz CT molecular complexity index is 424. The number of nitrogens with zero attached hydrogens (tertiary/aromatic N) is 1. The molecule has 0 aromatic heterocycles. The van der Waals surface area contributed by atoms with Crippen molar-refractivity contribution in [2.24, 2.45) is 5.92 Å². The number of carbonyl (C=O) groups excluding carboxylic acids is 1. The van der Waals surface area contributed by atoms with Crippen molar-refractivity contribution in [1.82, 2.24) is 4.90 Å². The van der Waals surface area contributed by atoms with Gasteiger partial charge in [-0.2, -0.15) is 0 Å². The summed E-state index contributed by atoms with van der Waals surface area (Å²) in [6.07, 6.45) is 0.894. The third-order valence-corrected chi connectivity index (χ3v) is 4.29. The Kier molecular flexibility index (Phi) is 5.22. The standard InChI is InChI=1S/C14H18FNO2S/c15-13-3-1-11(2-4-13)9-19-10-14(18)16-6-5-12(7-16)8-17/h1-4,12,17H,5-10H2. The maximum atomic E-state index is 12.7. The van der Waals surface area contributed by atoms with Crippen molar-refractivity contribution in [3.63, 3.8) is 0 Å². The third-order valence-electron chi connectivity index (χ3n) is 3.30. The first kappa shape index (κ1) is 14.3. The molecule has 19 heavy (non-hydrogen) atoms. The Morgan fingerprint density at radius 3 is 2.79 bits per heavy atom. The van der Waals surface area contributed by atoms with E-state index in [0.29, 0.717) is 18.1 Å². The first-order valence-corrected chi connectivity index (χ1v) is 7.55.